The molecule has 0 radical (unpaired) electrons. The number of hydrogen-bond acceptors (Lipinski definition) is 4. The van der Waals surface area contributed by atoms with E-state index in [-0.39, 0.29) is 24.3 Å². The van der Waals surface area contributed by atoms with Crippen molar-refractivity contribution in [2.24, 2.45) is 0 Å². The summed E-state index contributed by atoms with van der Waals surface area (Å²) in [6.45, 7) is 2.47. The summed E-state index contributed by atoms with van der Waals surface area (Å²) in [6, 6.07) is 0. The summed E-state index contributed by atoms with van der Waals surface area (Å²) in [5.41, 5.74) is 0. The highest BCUT2D eigenvalue weighted by atomic mass is 16.2. The summed E-state index contributed by atoms with van der Waals surface area (Å²) in [7, 11) is 0. The van der Waals surface area contributed by atoms with Gasteiger partial charge in [0.2, 0.25) is 17.8 Å². The van der Waals surface area contributed by atoms with Crippen LogP contribution in [0.25, 0.3) is 0 Å². The van der Waals surface area contributed by atoms with Crippen molar-refractivity contribution < 1.29 is 9.59 Å². The van der Waals surface area contributed by atoms with Crippen molar-refractivity contribution in [1.82, 2.24) is 20.1 Å². The van der Waals surface area contributed by atoms with Crippen LogP contribution in [-0.2, 0) is 9.59 Å². The van der Waals surface area contributed by atoms with Gasteiger partial charge in [-0.2, -0.15) is 4.98 Å². The second kappa shape index (κ2) is 4.30. The number of hydrogen-bond donors (Lipinski definition) is 2. The zero-order valence-electron chi connectivity index (χ0n) is 8.99. The maximum absolute atomic E-state index is 11.5. The Kier molecular flexibility index (Phi) is 2.84. The normalized spacial score (nSPS) is 15.6. The molecule has 2 N–H and O–H groups in total. The number of likely N-dealkylation sites (tertiary alicyclic amines) is 1. The Hall–Kier alpha value is -1.92. The number of anilines is 1. The molecule has 0 spiro atoms. The van der Waals surface area contributed by atoms with E-state index in [1.54, 1.807) is 6.92 Å². The van der Waals surface area contributed by atoms with Crippen molar-refractivity contribution in [3.05, 3.63) is 5.82 Å². The summed E-state index contributed by atoms with van der Waals surface area (Å²) in [5.74, 6) is 0.636. The molecule has 0 saturated carbocycles. The molecule has 16 heavy (non-hydrogen) atoms. The highest BCUT2D eigenvalue weighted by Crippen LogP contribution is 2.09. The number of carbonyl (C=O) groups excluding carboxylic acids is 2. The lowest BCUT2D eigenvalue weighted by atomic mass is 10.4. The standard InChI is InChI=1S/C9H13N5O2/c1-6-10-9(13-12-6)11-7(15)5-14-4-2-3-8(14)16/h2-5H2,1H3,(H2,10,11,12,13,15). The highest BCUT2D eigenvalue weighted by Gasteiger charge is 2.22. The fraction of sp³-hybridized carbons (Fsp3) is 0.556. The van der Waals surface area contributed by atoms with Crippen LogP contribution in [0.15, 0.2) is 0 Å². The average molecular weight is 223 g/mol. The van der Waals surface area contributed by atoms with Crippen molar-refractivity contribution >= 4 is 17.8 Å². The second-order valence-electron chi connectivity index (χ2n) is 3.71. The molecule has 86 valence electrons. The van der Waals surface area contributed by atoms with E-state index in [0.29, 0.717) is 18.8 Å². The molecular weight excluding hydrogens is 210 g/mol. The molecule has 0 bridgehead atoms. The number of aromatic nitrogens is 3. The lowest BCUT2D eigenvalue weighted by Gasteiger charge is -2.13. The van der Waals surface area contributed by atoms with E-state index in [4.69, 9.17) is 0 Å². The molecule has 1 aliphatic heterocycles. The number of carbonyl (C=O) groups is 2. The second-order valence-corrected chi connectivity index (χ2v) is 3.71. The maximum Gasteiger partial charge on any atom is 0.248 e. The van der Waals surface area contributed by atoms with Crippen LogP contribution in [0.1, 0.15) is 18.7 Å². The molecule has 0 atom stereocenters. The van der Waals surface area contributed by atoms with Crippen molar-refractivity contribution in [3.8, 4) is 0 Å². The van der Waals surface area contributed by atoms with Crippen LogP contribution in [0.5, 0.6) is 0 Å². The van der Waals surface area contributed by atoms with Gasteiger partial charge in [-0.25, -0.2) is 0 Å². The fourth-order valence-corrected chi connectivity index (χ4v) is 1.61. The van der Waals surface area contributed by atoms with Crippen molar-refractivity contribution in [2.75, 3.05) is 18.4 Å². The summed E-state index contributed by atoms with van der Waals surface area (Å²) in [5, 5.41) is 8.92. The number of amides is 2. The van der Waals surface area contributed by atoms with Gasteiger partial charge in [-0.05, 0) is 13.3 Å². The number of aromatic amines is 1. The van der Waals surface area contributed by atoms with Crippen LogP contribution in [-0.4, -0.2) is 45.0 Å². The van der Waals surface area contributed by atoms with E-state index in [1.165, 1.54) is 4.90 Å². The zero-order chi connectivity index (χ0) is 11.5. The molecule has 1 aromatic heterocycles. The Morgan fingerprint density at radius 3 is 3.00 bits per heavy atom. The molecule has 2 rings (SSSR count). The number of nitrogens with one attached hydrogen (secondary N) is 2. The van der Waals surface area contributed by atoms with Gasteiger partial charge in [-0.1, -0.05) is 0 Å². The number of rotatable bonds is 3. The molecule has 7 heteroatoms. The van der Waals surface area contributed by atoms with Gasteiger partial charge in [0.15, 0.2) is 0 Å². The topological polar surface area (TPSA) is 91.0 Å². The Balaban J connectivity index is 1.86. The number of aryl methyl sites for hydroxylation is 1. The Labute approximate surface area is 92.2 Å². The summed E-state index contributed by atoms with van der Waals surface area (Å²) in [4.78, 5) is 28.3. The predicted molar refractivity (Wildman–Crippen MR) is 55.6 cm³/mol. The minimum Gasteiger partial charge on any atom is -0.333 e. The molecule has 2 amide bonds. The quantitative estimate of drug-likeness (QED) is 0.734. The van der Waals surface area contributed by atoms with Gasteiger partial charge >= 0.3 is 0 Å². The molecule has 0 unspecified atom stereocenters. The number of H-pyrrole nitrogens is 1. The molecule has 1 aromatic rings. The lowest BCUT2D eigenvalue weighted by molar-refractivity contribution is -0.131. The predicted octanol–water partition coefficient (Wildman–Crippen LogP) is -0.326. The van der Waals surface area contributed by atoms with E-state index in [0.717, 1.165) is 6.42 Å². The maximum atomic E-state index is 11.5. The largest absolute Gasteiger partial charge is 0.333 e. The first kappa shape index (κ1) is 10.6. The minimum atomic E-state index is -0.269. The first-order valence-corrected chi connectivity index (χ1v) is 5.12. The van der Waals surface area contributed by atoms with E-state index < -0.39 is 0 Å². The Morgan fingerprint density at radius 1 is 1.62 bits per heavy atom. The molecule has 0 aromatic carbocycles. The third kappa shape index (κ3) is 2.36. The van der Waals surface area contributed by atoms with Crippen LogP contribution in [0.2, 0.25) is 0 Å². The van der Waals surface area contributed by atoms with Gasteiger partial charge in [0.1, 0.15) is 5.82 Å². The first-order valence-electron chi connectivity index (χ1n) is 5.12. The molecular formula is C9H13N5O2. The smallest absolute Gasteiger partial charge is 0.248 e. The average Bonchev–Trinajstić information content (AvgIpc) is 2.77. The van der Waals surface area contributed by atoms with Crippen LogP contribution in [0, 0.1) is 6.92 Å². The highest BCUT2D eigenvalue weighted by molar-refractivity contribution is 5.93. The Morgan fingerprint density at radius 2 is 2.44 bits per heavy atom. The first-order chi connectivity index (χ1) is 7.65. The monoisotopic (exact) mass is 223 g/mol. The fourth-order valence-electron chi connectivity index (χ4n) is 1.61. The van der Waals surface area contributed by atoms with Crippen LogP contribution >= 0.6 is 0 Å². The number of nitrogens with zero attached hydrogens (tertiary/aromatic N) is 3. The van der Waals surface area contributed by atoms with Crippen LogP contribution in [0.3, 0.4) is 0 Å². The van der Waals surface area contributed by atoms with Crippen LogP contribution in [0.4, 0.5) is 5.95 Å². The van der Waals surface area contributed by atoms with Crippen molar-refractivity contribution in [2.45, 2.75) is 19.8 Å². The molecule has 2 heterocycles. The summed E-state index contributed by atoms with van der Waals surface area (Å²) < 4.78 is 0. The van der Waals surface area contributed by atoms with Gasteiger partial charge in [0.25, 0.3) is 0 Å². The molecule has 7 nitrogen and oxygen atoms in total. The third-order valence-electron chi connectivity index (χ3n) is 2.35. The molecule has 1 fully saturated rings. The van der Waals surface area contributed by atoms with Gasteiger partial charge in [0.05, 0.1) is 6.54 Å². The van der Waals surface area contributed by atoms with E-state index in [1.807, 2.05) is 0 Å². The molecule has 1 saturated heterocycles. The van der Waals surface area contributed by atoms with Gasteiger partial charge in [0, 0.05) is 13.0 Å². The third-order valence-corrected chi connectivity index (χ3v) is 2.35. The van der Waals surface area contributed by atoms with E-state index in [2.05, 4.69) is 20.5 Å². The Bertz CT molecular complexity index is 414. The zero-order valence-corrected chi connectivity index (χ0v) is 8.99. The SMILES string of the molecule is Cc1nc(NC(=O)CN2CCCC2=O)n[nH]1. The minimum absolute atomic E-state index is 0.0290. The van der Waals surface area contributed by atoms with Gasteiger partial charge < -0.3 is 4.90 Å². The summed E-state index contributed by atoms with van der Waals surface area (Å²) in [6.07, 6.45) is 1.36. The van der Waals surface area contributed by atoms with E-state index in [9.17, 15) is 9.59 Å². The molecule has 1 aliphatic rings. The lowest BCUT2D eigenvalue weighted by Crippen LogP contribution is -2.34. The van der Waals surface area contributed by atoms with Crippen LogP contribution < -0.4 is 5.32 Å². The van der Waals surface area contributed by atoms with Crippen molar-refractivity contribution in [1.29, 1.82) is 0 Å². The van der Waals surface area contributed by atoms with Gasteiger partial charge in [-0.3, -0.25) is 20.0 Å². The summed E-state index contributed by atoms with van der Waals surface area (Å²) >= 11 is 0. The van der Waals surface area contributed by atoms with Gasteiger partial charge in [-0.15, -0.1) is 5.10 Å². The van der Waals surface area contributed by atoms with E-state index >= 15 is 0 Å². The molecule has 0 aliphatic carbocycles. The van der Waals surface area contributed by atoms with Crippen molar-refractivity contribution in [3.63, 3.8) is 0 Å².